The molecule has 2 aromatic carbocycles. The van der Waals surface area contributed by atoms with E-state index in [1.165, 1.54) is 23.5 Å². The minimum atomic E-state index is -0.571. The number of nitrogens with one attached hydrogen (secondary N) is 1. The van der Waals surface area contributed by atoms with Crippen LogP contribution >= 0.6 is 22.9 Å². The molecular weight excluding hydrogens is 404 g/mol. The summed E-state index contributed by atoms with van der Waals surface area (Å²) in [7, 11) is 0. The number of non-ortho nitro benzene ring substituents is 1. The molecule has 2 heterocycles. The van der Waals surface area contributed by atoms with Crippen molar-refractivity contribution in [1.82, 2.24) is 4.98 Å². The van der Waals surface area contributed by atoms with E-state index in [9.17, 15) is 14.9 Å². The van der Waals surface area contributed by atoms with Crippen molar-refractivity contribution in [1.29, 1.82) is 0 Å². The van der Waals surface area contributed by atoms with Crippen LogP contribution < -0.4 is 10.2 Å². The van der Waals surface area contributed by atoms with Crippen molar-refractivity contribution in [2.75, 3.05) is 36.5 Å². The lowest BCUT2D eigenvalue weighted by Crippen LogP contribution is -2.36. The highest BCUT2D eigenvalue weighted by atomic mass is 35.5. The van der Waals surface area contributed by atoms with Crippen molar-refractivity contribution < 1.29 is 14.5 Å². The number of aromatic nitrogens is 1. The van der Waals surface area contributed by atoms with Crippen LogP contribution in [0.25, 0.3) is 10.2 Å². The number of ether oxygens (including phenoxy) is 1. The quantitative estimate of drug-likeness (QED) is 0.509. The van der Waals surface area contributed by atoms with Crippen LogP contribution in [0.4, 0.5) is 16.5 Å². The summed E-state index contributed by atoms with van der Waals surface area (Å²) < 4.78 is 6.31. The molecule has 4 rings (SSSR count). The fourth-order valence-corrected chi connectivity index (χ4v) is 4.05. The minimum Gasteiger partial charge on any atom is -0.378 e. The van der Waals surface area contributed by atoms with E-state index in [0.29, 0.717) is 18.3 Å². The van der Waals surface area contributed by atoms with Crippen LogP contribution in [0.1, 0.15) is 10.4 Å². The van der Waals surface area contributed by atoms with E-state index < -0.39 is 10.8 Å². The molecule has 3 aromatic rings. The van der Waals surface area contributed by atoms with Gasteiger partial charge in [-0.25, -0.2) is 4.98 Å². The second-order valence-corrected chi connectivity index (χ2v) is 7.58. The van der Waals surface area contributed by atoms with Crippen molar-refractivity contribution in [2.24, 2.45) is 0 Å². The monoisotopic (exact) mass is 418 g/mol. The van der Waals surface area contributed by atoms with Gasteiger partial charge in [0.15, 0.2) is 5.13 Å². The average Bonchev–Trinajstić information content (AvgIpc) is 3.10. The fraction of sp³-hybridized carbons (Fsp3) is 0.222. The van der Waals surface area contributed by atoms with Crippen molar-refractivity contribution in [2.45, 2.75) is 0 Å². The van der Waals surface area contributed by atoms with E-state index in [-0.39, 0.29) is 16.3 Å². The van der Waals surface area contributed by atoms with Crippen LogP contribution in [0.15, 0.2) is 36.4 Å². The van der Waals surface area contributed by atoms with Gasteiger partial charge < -0.3 is 9.64 Å². The van der Waals surface area contributed by atoms with Crippen molar-refractivity contribution in [3.63, 3.8) is 0 Å². The smallest absolute Gasteiger partial charge is 0.270 e. The van der Waals surface area contributed by atoms with Gasteiger partial charge in [0.25, 0.3) is 11.6 Å². The molecule has 1 saturated heterocycles. The molecule has 0 saturated carbocycles. The van der Waals surface area contributed by atoms with E-state index >= 15 is 0 Å². The number of rotatable bonds is 4. The number of benzene rings is 2. The van der Waals surface area contributed by atoms with E-state index in [1.807, 2.05) is 18.2 Å². The highest BCUT2D eigenvalue weighted by Crippen LogP contribution is 2.31. The molecule has 1 N–H and O–H groups in total. The number of hydrogen-bond donors (Lipinski definition) is 1. The van der Waals surface area contributed by atoms with Gasteiger partial charge in [-0.3, -0.25) is 20.2 Å². The number of nitro benzene ring substituents is 1. The molecule has 1 aromatic heterocycles. The van der Waals surface area contributed by atoms with Crippen molar-refractivity contribution >= 4 is 55.6 Å². The summed E-state index contributed by atoms with van der Waals surface area (Å²) in [5.41, 5.74) is 1.68. The number of morpholine rings is 1. The normalized spacial score (nSPS) is 14.2. The highest BCUT2D eigenvalue weighted by Gasteiger charge is 2.18. The molecule has 1 aliphatic rings. The molecule has 0 atom stereocenters. The van der Waals surface area contributed by atoms with Crippen LogP contribution in [0, 0.1) is 10.1 Å². The lowest BCUT2D eigenvalue weighted by atomic mass is 10.2. The molecule has 144 valence electrons. The number of carbonyl (C=O) groups is 1. The summed E-state index contributed by atoms with van der Waals surface area (Å²) in [6.07, 6.45) is 0. The zero-order chi connectivity index (χ0) is 19.7. The minimum absolute atomic E-state index is 0.0316. The molecule has 8 nitrogen and oxygen atoms in total. The van der Waals surface area contributed by atoms with E-state index in [2.05, 4.69) is 15.2 Å². The molecule has 0 bridgehead atoms. The molecule has 1 amide bonds. The Morgan fingerprint density at radius 1 is 1.25 bits per heavy atom. The lowest BCUT2D eigenvalue weighted by molar-refractivity contribution is -0.384. The third-order valence-corrected chi connectivity index (χ3v) is 5.64. The first-order valence-electron chi connectivity index (χ1n) is 8.50. The fourth-order valence-electron chi connectivity index (χ4n) is 2.95. The summed E-state index contributed by atoms with van der Waals surface area (Å²) >= 11 is 7.37. The third-order valence-electron chi connectivity index (χ3n) is 4.37. The van der Waals surface area contributed by atoms with Crippen LogP contribution in [0.3, 0.4) is 0 Å². The lowest BCUT2D eigenvalue weighted by Gasteiger charge is -2.28. The molecule has 28 heavy (non-hydrogen) atoms. The van der Waals surface area contributed by atoms with Gasteiger partial charge in [0, 0.05) is 30.9 Å². The number of thiazole rings is 1. The first-order chi connectivity index (χ1) is 13.5. The summed E-state index contributed by atoms with van der Waals surface area (Å²) in [5.74, 6) is -0.541. The van der Waals surface area contributed by atoms with Gasteiger partial charge >= 0.3 is 0 Å². The molecule has 0 aliphatic carbocycles. The topological polar surface area (TPSA) is 97.6 Å². The van der Waals surface area contributed by atoms with Gasteiger partial charge in [0.05, 0.1) is 38.9 Å². The van der Waals surface area contributed by atoms with Crippen molar-refractivity contribution in [3.8, 4) is 0 Å². The number of amides is 1. The van der Waals surface area contributed by atoms with E-state index in [1.54, 1.807) is 0 Å². The summed E-state index contributed by atoms with van der Waals surface area (Å²) in [6.45, 7) is 3.07. The van der Waals surface area contributed by atoms with E-state index in [4.69, 9.17) is 16.3 Å². The maximum Gasteiger partial charge on any atom is 0.270 e. The first-order valence-corrected chi connectivity index (χ1v) is 9.69. The number of carbonyl (C=O) groups excluding carboxylic acids is 1. The molecule has 0 unspecified atom stereocenters. The number of anilines is 2. The number of fused-ring (bicyclic) bond motifs is 1. The Morgan fingerprint density at radius 3 is 2.79 bits per heavy atom. The van der Waals surface area contributed by atoms with Gasteiger partial charge in [-0.15, -0.1) is 0 Å². The van der Waals surface area contributed by atoms with Gasteiger partial charge in [-0.1, -0.05) is 22.9 Å². The predicted molar refractivity (Wildman–Crippen MR) is 109 cm³/mol. The highest BCUT2D eigenvalue weighted by molar-refractivity contribution is 7.22. The standard InChI is InChI=1S/C18H15ClN4O4S/c19-14-3-1-12(23(25)26)9-13(14)17(24)21-18-20-15-4-2-11(10-16(15)28-18)22-5-7-27-8-6-22/h1-4,9-10H,5-8H2,(H,20,21,24). The Bertz CT molecular complexity index is 1060. The largest absolute Gasteiger partial charge is 0.378 e. The van der Waals surface area contributed by atoms with Crippen LogP contribution in [-0.4, -0.2) is 42.1 Å². The molecule has 0 spiro atoms. The van der Waals surface area contributed by atoms with E-state index in [0.717, 1.165) is 35.1 Å². The maximum atomic E-state index is 12.5. The molecule has 1 fully saturated rings. The molecule has 0 radical (unpaired) electrons. The summed E-state index contributed by atoms with van der Waals surface area (Å²) in [6, 6.07) is 9.68. The number of nitro groups is 1. The molecule has 10 heteroatoms. The van der Waals surface area contributed by atoms with Crippen LogP contribution in [0.5, 0.6) is 0 Å². The Kier molecular flexibility index (Phi) is 5.12. The van der Waals surface area contributed by atoms with Gasteiger partial charge in [0.1, 0.15) is 0 Å². The number of nitrogens with zero attached hydrogens (tertiary/aromatic N) is 3. The van der Waals surface area contributed by atoms with Gasteiger partial charge in [-0.05, 0) is 24.3 Å². The Hall–Kier alpha value is -2.75. The Labute approximate surface area is 168 Å². The average molecular weight is 419 g/mol. The van der Waals surface area contributed by atoms with Crippen LogP contribution in [0.2, 0.25) is 5.02 Å². The van der Waals surface area contributed by atoms with Gasteiger partial charge in [-0.2, -0.15) is 0 Å². The first kappa shape index (κ1) is 18.6. The summed E-state index contributed by atoms with van der Waals surface area (Å²) in [5, 5.41) is 14.2. The maximum absolute atomic E-state index is 12.5. The zero-order valence-corrected chi connectivity index (χ0v) is 16.1. The third kappa shape index (κ3) is 3.77. The Morgan fingerprint density at radius 2 is 2.04 bits per heavy atom. The SMILES string of the molecule is O=C(Nc1nc2ccc(N3CCOCC3)cc2s1)c1cc([N+](=O)[O-])ccc1Cl. The van der Waals surface area contributed by atoms with Crippen LogP contribution in [-0.2, 0) is 4.74 Å². The zero-order valence-electron chi connectivity index (χ0n) is 14.6. The summed E-state index contributed by atoms with van der Waals surface area (Å²) in [4.78, 5) is 29.5. The van der Waals surface area contributed by atoms with Crippen molar-refractivity contribution in [3.05, 3.63) is 57.1 Å². The Balaban J connectivity index is 1.57. The molecule has 1 aliphatic heterocycles. The number of halogens is 1. The second kappa shape index (κ2) is 7.70. The number of hydrogen-bond acceptors (Lipinski definition) is 7. The second-order valence-electron chi connectivity index (χ2n) is 6.15. The van der Waals surface area contributed by atoms with Gasteiger partial charge in [0.2, 0.25) is 0 Å². The predicted octanol–water partition coefficient (Wildman–Crippen LogP) is 3.95. The molecular formula is C18H15ClN4O4S.